The van der Waals surface area contributed by atoms with E-state index in [-0.39, 0.29) is 6.04 Å². The van der Waals surface area contributed by atoms with E-state index < -0.39 is 0 Å². The Morgan fingerprint density at radius 1 is 1.36 bits per heavy atom. The molecule has 1 aliphatic carbocycles. The summed E-state index contributed by atoms with van der Waals surface area (Å²) in [6.45, 7) is 15.8. The lowest BCUT2D eigenvalue weighted by Crippen LogP contribution is -2.35. The maximum Gasteiger partial charge on any atom is 0.0688 e. The van der Waals surface area contributed by atoms with Gasteiger partial charge in [0.15, 0.2) is 0 Å². The molecule has 1 aromatic carbocycles. The van der Waals surface area contributed by atoms with Gasteiger partial charge in [-0.25, -0.2) is 0 Å². The van der Waals surface area contributed by atoms with E-state index in [1.807, 2.05) is 13.1 Å². The Kier molecular flexibility index (Phi) is 5.36. The maximum absolute atomic E-state index is 4.45. The summed E-state index contributed by atoms with van der Waals surface area (Å²) in [6, 6.07) is 5.11. The maximum atomic E-state index is 4.45. The van der Waals surface area contributed by atoms with Crippen molar-refractivity contribution in [2.24, 2.45) is 0 Å². The predicted octanol–water partition coefficient (Wildman–Crippen LogP) is 5.51. The zero-order valence-corrected chi connectivity index (χ0v) is 15.9. The van der Waals surface area contributed by atoms with Crippen LogP contribution in [-0.2, 0) is 6.54 Å². The molecule has 1 aliphatic heterocycles. The molecule has 1 unspecified atom stereocenters. The first kappa shape index (κ1) is 17.8. The van der Waals surface area contributed by atoms with Gasteiger partial charge in [-0.2, -0.15) is 0 Å². The standard InChI is InChI=1S/C23H32N2/c1-6-7-12-23(17(3)24-5)25-15-20-13-16(2)21(14-22(20)18(25)4)19-10-8-9-11-19/h6,13-14,19,23-24H,1,3-4,7-12,15H2,2,5H3. The summed E-state index contributed by atoms with van der Waals surface area (Å²) in [5.41, 5.74) is 7.98. The van der Waals surface area contributed by atoms with Crippen molar-refractivity contribution in [2.75, 3.05) is 7.05 Å². The van der Waals surface area contributed by atoms with Crippen molar-refractivity contribution in [1.29, 1.82) is 0 Å². The Labute approximate surface area is 153 Å². The Hall–Kier alpha value is -1.96. The van der Waals surface area contributed by atoms with E-state index in [1.54, 1.807) is 5.56 Å². The highest BCUT2D eigenvalue weighted by molar-refractivity contribution is 5.71. The molecule has 0 bridgehead atoms. The molecule has 0 radical (unpaired) electrons. The molecular weight excluding hydrogens is 304 g/mol. The van der Waals surface area contributed by atoms with Crippen LogP contribution < -0.4 is 5.32 Å². The van der Waals surface area contributed by atoms with Crippen LogP contribution in [0.5, 0.6) is 0 Å². The molecule has 0 aromatic heterocycles. The molecule has 25 heavy (non-hydrogen) atoms. The highest BCUT2D eigenvalue weighted by Crippen LogP contribution is 2.41. The van der Waals surface area contributed by atoms with Gasteiger partial charge < -0.3 is 10.2 Å². The summed E-state index contributed by atoms with van der Waals surface area (Å²) in [7, 11) is 1.96. The average Bonchev–Trinajstić information content (AvgIpc) is 3.23. The first-order valence-electron chi connectivity index (χ1n) is 9.63. The van der Waals surface area contributed by atoms with Crippen molar-refractivity contribution in [2.45, 2.75) is 64.0 Å². The largest absolute Gasteiger partial charge is 0.390 e. The lowest BCUT2D eigenvalue weighted by molar-refractivity contribution is 0.312. The van der Waals surface area contributed by atoms with Gasteiger partial charge in [0.1, 0.15) is 0 Å². The molecule has 1 aromatic rings. The molecule has 134 valence electrons. The van der Waals surface area contributed by atoms with Crippen molar-refractivity contribution in [3.63, 3.8) is 0 Å². The van der Waals surface area contributed by atoms with Crippen molar-refractivity contribution < 1.29 is 0 Å². The van der Waals surface area contributed by atoms with Gasteiger partial charge in [0.25, 0.3) is 0 Å². The average molecular weight is 337 g/mol. The van der Waals surface area contributed by atoms with E-state index in [0.717, 1.165) is 36.7 Å². The van der Waals surface area contributed by atoms with Gasteiger partial charge in [-0.05, 0) is 61.3 Å². The normalized spacial score (nSPS) is 18.3. The van der Waals surface area contributed by atoms with E-state index in [0.29, 0.717) is 0 Å². The van der Waals surface area contributed by atoms with Crippen LogP contribution in [0.15, 0.2) is 43.6 Å². The molecule has 1 saturated carbocycles. The summed E-state index contributed by atoms with van der Waals surface area (Å²) >= 11 is 0. The minimum absolute atomic E-state index is 0.262. The monoisotopic (exact) mass is 336 g/mol. The van der Waals surface area contributed by atoms with Crippen molar-refractivity contribution in [1.82, 2.24) is 10.2 Å². The third kappa shape index (κ3) is 3.40. The Bertz CT molecular complexity index is 680. The van der Waals surface area contributed by atoms with Gasteiger partial charge >= 0.3 is 0 Å². The summed E-state index contributed by atoms with van der Waals surface area (Å²) in [4.78, 5) is 2.42. The zero-order chi connectivity index (χ0) is 18.0. The third-order valence-corrected chi connectivity index (χ3v) is 6.03. The van der Waals surface area contributed by atoms with E-state index in [4.69, 9.17) is 0 Å². The Morgan fingerprint density at radius 2 is 2.08 bits per heavy atom. The molecule has 0 spiro atoms. The van der Waals surface area contributed by atoms with E-state index >= 15 is 0 Å². The first-order valence-corrected chi connectivity index (χ1v) is 9.63. The van der Waals surface area contributed by atoms with Crippen molar-refractivity contribution in [3.8, 4) is 0 Å². The fourth-order valence-electron chi connectivity index (χ4n) is 4.55. The van der Waals surface area contributed by atoms with Crippen LogP contribution in [0.1, 0.15) is 66.7 Å². The Balaban J connectivity index is 1.89. The van der Waals surface area contributed by atoms with E-state index in [9.17, 15) is 0 Å². The number of hydrogen-bond acceptors (Lipinski definition) is 2. The van der Waals surface area contributed by atoms with Crippen LogP contribution in [-0.4, -0.2) is 18.0 Å². The SMILES string of the molecule is C=CCCC(C(=C)NC)N1Cc2cc(C)c(C3CCCC3)cc2C1=C. The lowest BCUT2D eigenvalue weighted by Gasteiger charge is -2.32. The number of rotatable bonds is 7. The summed E-state index contributed by atoms with van der Waals surface area (Å²) in [5, 5.41) is 3.25. The van der Waals surface area contributed by atoms with Crippen LogP contribution in [0.25, 0.3) is 5.70 Å². The second-order valence-corrected chi connectivity index (χ2v) is 7.58. The molecule has 1 atom stereocenters. The van der Waals surface area contributed by atoms with Crippen LogP contribution in [0.2, 0.25) is 0 Å². The topological polar surface area (TPSA) is 15.3 Å². The molecule has 3 rings (SSSR count). The molecule has 2 heteroatoms. The zero-order valence-electron chi connectivity index (χ0n) is 15.9. The quantitative estimate of drug-likeness (QED) is 0.661. The van der Waals surface area contributed by atoms with E-state index in [1.165, 1.54) is 42.4 Å². The lowest BCUT2D eigenvalue weighted by atomic mass is 9.90. The highest BCUT2D eigenvalue weighted by Gasteiger charge is 2.31. The van der Waals surface area contributed by atoms with Gasteiger partial charge in [-0.1, -0.05) is 38.1 Å². The number of allylic oxidation sites excluding steroid dienone is 1. The van der Waals surface area contributed by atoms with Crippen LogP contribution in [0, 0.1) is 6.92 Å². The van der Waals surface area contributed by atoms with Gasteiger partial charge in [0.2, 0.25) is 0 Å². The molecule has 2 nitrogen and oxygen atoms in total. The Morgan fingerprint density at radius 3 is 2.72 bits per heavy atom. The first-order chi connectivity index (χ1) is 12.1. The summed E-state index contributed by atoms with van der Waals surface area (Å²) in [5.74, 6) is 0.746. The molecule has 0 saturated heterocycles. The summed E-state index contributed by atoms with van der Waals surface area (Å²) < 4.78 is 0. The number of benzene rings is 1. The van der Waals surface area contributed by atoms with Gasteiger partial charge in [-0.15, -0.1) is 6.58 Å². The van der Waals surface area contributed by atoms with Crippen molar-refractivity contribution >= 4 is 5.70 Å². The molecule has 1 heterocycles. The fraction of sp³-hybridized carbons (Fsp3) is 0.478. The van der Waals surface area contributed by atoms with E-state index in [2.05, 4.69) is 49.0 Å². The highest BCUT2D eigenvalue weighted by atomic mass is 15.2. The van der Waals surface area contributed by atoms with Crippen molar-refractivity contribution in [3.05, 3.63) is 65.9 Å². The number of nitrogens with zero attached hydrogens (tertiary/aromatic N) is 1. The number of aryl methyl sites for hydroxylation is 1. The molecular formula is C23H32N2. The molecule has 1 N–H and O–H groups in total. The second kappa shape index (κ2) is 7.51. The minimum atomic E-state index is 0.262. The van der Waals surface area contributed by atoms with Gasteiger partial charge in [-0.3, -0.25) is 0 Å². The number of nitrogens with one attached hydrogen (secondary N) is 1. The van der Waals surface area contributed by atoms with Crippen LogP contribution in [0.3, 0.4) is 0 Å². The number of fused-ring (bicyclic) bond motifs is 1. The summed E-state index contributed by atoms with van der Waals surface area (Å²) in [6.07, 6.45) is 9.43. The van der Waals surface area contributed by atoms with Crippen LogP contribution in [0.4, 0.5) is 0 Å². The number of likely N-dealkylation sites (N-methyl/N-ethyl adjacent to an activating group) is 1. The predicted molar refractivity (Wildman–Crippen MR) is 108 cm³/mol. The third-order valence-electron chi connectivity index (χ3n) is 6.03. The second-order valence-electron chi connectivity index (χ2n) is 7.58. The molecule has 1 fully saturated rings. The smallest absolute Gasteiger partial charge is 0.0688 e. The van der Waals surface area contributed by atoms with Crippen LogP contribution >= 0.6 is 0 Å². The molecule has 2 aliphatic rings. The fourth-order valence-corrected chi connectivity index (χ4v) is 4.55. The van der Waals surface area contributed by atoms with Gasteiger partial charge in [0.05, 0.1) is 6.04 Å². The minimum Gasteiger partial charge on any atom is -0.390 e. The van der Waals surface area contributed by atoms with Gasteiger partial charge in [0, 0.05) is 30.5 Å². The molecule has 0 amide bonds. The number of hydrogen-bond donors (Lipinski definition) is 1.